The van der Waals surface area contributed by atoms with Gasteiger partial charge in [0, 0.05) is 12.1 Å². The van der Waals surface area contributed by atoms with Crippen LogP contribution in [-0.4, -0.2) is 45.6 Å². The zero-order chi connectivity index (χ0) is 20.7. The summed E-state index contributed by atoms with van der Waals surface area (Å²) in [5.74, 6) is 3.23. The standard InChI is InChI=1S/C19H16ClFO6S/c1-26-8-9-28(24,25)16-5-6-17(21)13(11-16)2-3-14-10-15(20)4-7-18(14)27-12-19(22)23/h4-7,10-11H,8-9,12H2,1H3,(H,22,23). The lowest BCUT2D eigenvalue weighted by atomic mass is 10.1. The summed E-state index contributed by atoms with van der Waals surface area (Å²) in [6.45, 7) is -0.578. The van der Waals surface area contributed by atoms with E-state index in [0.29, 0.717) is 5.02 Å². The first-order valence-corrected chi connectivity index (χ1v) is 9.93. The van der Waals surface area contributed by atoms with Gasteiger partial charge in [-0.15, -0.1) is 0 Å². The Bertz CT molecular complexity index is 1040. The van der Waals surface area contributed by atoms with Crippen LogP contribution in [0, 0.1) is 17.7 Å². The smallest absolute Gasteiger partial charge is 0.341 e. The van der Waals surface area contributed by atoms with Crippen LogP contribution in [0.3, 0.4) is 0 Å². The number of halogens is 2. The van der Waals surface area contributed by atoms with Crippen LogP contribution in [0.4, 0.5) is 4.39 Å². The maximum absolute atomic E-state index is 14.1. The van der Waals surface area contributed by atoms with Gasteiger partial charge in [-0.2, -0.15) is 0 Å². The molecule has 0 saturated heterocycles. The third-order valence-corrected chi connectivity index (χ3v) is 5.39. The minimum Gasteiger partial charge on any atom is -0.481 e. The van der Waals surface area contributed by atoms with E-state index in [1.54, 1.807) is 0 Å². The molecule has 0 heterocycles. The monoisotopic (exact) mass is 426 g/mol. The third kappa shape index (κ3) is 5.96. The van der Waals surface area contributed by atoms with Crippen molar-refractivity contribution in [2.24, 2.45) is 0 Å². The Hall–Kier alpha value is -2.60. The highest BCUT2D eigenvalue weighted by molar-refractivity contribution is 7.91. The molecule has 148 valence electrons. The number of sulfone groups is 1. The van der Waals surface area contributed by atoms with Gasteiger partial charge in [-0.3, -0.25) is 0 Å². The maximum atomic E-state index is 14.1. The Labute approximate surface area is 166 Å². The highest BCUT2D eigenvalue weighted by atomic mass is 35.5. The predicted molar refractivity (Wildman–Crippen MR) is 101 cm³/mol. The Kier molecular flexibility index (Phi) is 7.40. The third-order valence-electron chi connectivity index (χ3n) is 3.48. The van der Waals surface area contributed by atoms with Crippen molar-refractivity contribution >= 4 is 27.4 Å². The lowest BCUT2D eigenvalue weighted by Crippen LogP contribution is -2.11. The Balaban J connectivity index is 2.40. The molecule has 1 N–H and O–H groups in total. The van der Waals surface area contributed by atoms with Crippen molar-refractivity contribution in [3.05, 3.63) is 58.4 Å². The Morgan fingerprint density at radius 2 is 1.89 bits per heavy atom. The van der Waals surface area contributed by atoms with Crippen LogP contribution < -0.4 is 4.74 Å². The van der Waals surface area contributed by atoms with Gasteiger partial charge in [0.05, 0.1) is 28.4 Å². The molecule has 0 aromatic heterocycles. The number of carboxylic acid groups (broad SMARTS) is 1. The van der Waals surface area contributed by atoms with Crippen LogP contribution >= 0.6 is 11.6 Å². The van der Waals surface area contributed by atoms with E-state index in [9.17, 15) is 17.6 Å². The van der Waals surface area contributed by atoms with Crippen molar-refractivity contribution in [2.75, 3.05) is 26.1 Å². The molecule has 6 nitrogen and oxygen atoms in total. The van der Waals surface area contributed by atoms with Crippen molar-refractivity contribution in [2.45, 2.75) is 4.90 Å². The molecule has 2 aromatic carbocycles. The summed E-state index contributed by atoms with van der Waals surface area (Å²) in [5, 5.41) is 9.05. The van der Waals surface area contributed by atoms with Gasteiger partial charge in [-0.25, -0.2) is 17.6 Å². The summed E-state index contributed by atoms with van der Waals surface area (Å²) in [6, 6.07) is 7.68. The van der Waals surface area contributed by atoms with Crippen LogP contribution in [0.1, 0.15) is 11.1 Å². The molecule has 9 heteroatoms. The van der Waals surface area contributed by atoms with Gasteiger partial charge in [0.15, 0.2) is 16.4 Å². The summed E-state index contributed by atoms with van der Waals surface area (Å²) in [6.07, 6.45) is 0. The van der Waals surface area contributed by atoms with Gasteiger partial charge < -0.3 is 14.6 Å². The normalized spacial score (nSPS) is 10.8. The number of carbonyl (C=O) groups is 1. The van der Waals surface area contributed by atoms with Crippen LogP contribution in [-0.2, 0) is 19.4 Å². The Morgan fingerprint density at radius 1 is 1.18 bits per heavy atom. The molecule has 0 unspecified atom stereocenters. The number of hydrogen-bond acceptors (Lipinski definition) is 5. The van der Waals surface area contributed by atoms with Gasteiger partial charge in [0.25, 0.3) is 0 Å². The van der Waals surface area contributed by atoms with E-state index in [0.717, 1.165) is 18.2 Å². The first-order valence-electron chi connectivity index (χ1n) is 7.90. The molecule has 2 rings (SSSR count). The number of benzene rings is 2. The van der Waals surface area contributed by atoms with Crippen LogP contribution in [0.2, 0.25) is 5.02 Å². The minimum atomic E-state index is -3.65. The molecule has 0 radical (unpaired) electrons. The number of ether oxygens (including phenoxy) is 2. The summed E-state index contributed by atoms with van der Waals surface area (Å²) >= 11 is 5.92. The average Bonchev–Trinajstić information content (AvgIpc) is 2.64. The van der Waals surface area contributed by atoms with Gasteiger partial charge in [-0.05, 0) is 36.4 Å². The number of hydrogen-bond donors (Lipinski definition) is 1. The number of rotatable bonds is 7. The fraction of sp³-hybridized carbons (Fsp3) is 0.211. The van der Waals surface area contributed by atoms with Crippen LogP contribution in [0.5, 0.6) is 5.75 Å². The molecule has 28 heavy (non-hydrogen) atoms. The molecule has 0 fully saturated rings. The average molecular weight is 427 g/mol. The fourth-order valence-corrected chi connectivity index (χ4v) is 3.47. The van der Waals surface area contributed by atoms with E-state index in [1.807, 2.05) is 0 Å². The highest BCUT2D eigenvalue weighted by Gasteiger charge is 2.16. The van der Waals surface area contributed by atoms with Gasteiger partial charge in [0.2, 0.25) is 0 Å². The lowest BCUT2D eigenvalue weighted by Gasteiger charge is -2.06. The molecule has 0 saturated carbocycles. The second kappa shape index (κ2) is 9.55. The second-order valence-electron chi connectivity index (χ2n) is 5.53. The van der Waals surface area contributed by atoms with Gasteiger partial charge >= 0.3 is 5.97 Å². The number of aliphatic carboxylic acids is 1. The van der Waals surface area contributed by atoms with Crippen molar-refractivity contribution < 1.29 is 32.2 Å². The SMILES string of the molecule is COCCS(=O)(=O)c1ccc(F)c(C#Cc2cc(Cl)ccc2OCC(=O)O)c1. The van der Waals surface area contributed by atoms with E-state index in [4.69, 9.17) is 26.2 Å². The van der Waals surface area contributed by atoms with E-state index >= 15 is 0 Å². The predicted octanol–water partition coefficient (Wildman–Crippen LogP) is 2.76. The zero-order valence-corrected chi connectivity index (χ0v) is 16.3. The lowest BCUT2D eigenvalue weighted by molar-refractivity contribution is -0.139. The van der Waals surface area contributed by atoms with E-state index in [-0.39, 0.29) is 34.1 Å². The van der Waals surface area contributed by atoms with Crippen molar-refractivity contribution in [3.63, 3.8) is 0 Å². The molecule has 0 spiro atoms. The van der Waals surface area contributed by atoms with Crippen LogP contribution in [0.15, 0.2) is 41.3 Å². The topological polar surface area (TPSA) is 89.9 Å². The molecule has 0 amide bonds. The molecule has 0 aliphatic rings. The molecule has 0 bridgehead atoms. The first kappa shape index (κ1) is 21.7. The largest absolute Gasteiger partial charge is 0.481 e. The molecule has 0 atom stereocenters. The Morgan fingerprint density at radius 3 is 2.57 bits per heavy atom. The van der Waals surface area contributed by atoms with Crippen LogP contribution in [0.25, 0.3) is 0 Å². The molecule has 0 aliphatic heterocycles. The molecular weight excluding hydrogens is 411 g/mol. The van der Waals surface area contributed by atoms with E-state index in [1.165, 1.54) is 25.3 Å². The summed E-state index contributed by atoms with van der Waals surface area (Å²) in [5.41, 5.74) is 0.100. The fourth-order valence-electron chi connectivity index (χ4n) is 2.10. The zero-order valence-electron chi connectivity index (χ0n) is 14.7. The molecular formula is C19H16ClFO6S. The van der Waals surface area contributed by atoms with Crippen molar-refractivity contribution in [1.29, 1.82) is 0 Å². The molecule has 0 aliphatic carbocycles. The van der Waals surface area contributed by atoms with Crippen molar-refractivity contribution in [1.82, 2.24) is 0 Å². The van der Waals surface area contributed by atoms with Crippen molar-refractivity contribution in [3.8, 4) is 17.6 Å². The number of methoxy groups -OCH3 is 1. The first-order chi connectivity index (χ1) is 13.2. The summed E-state index contributed by atoms with van der Waals surface area (Å²) < 4.78 is 48.5. The summed E-state index contributed by atoms with van der Waals surface area (Å²) in [7, 11) is -2.27. The minimum absolute atomic E-state index is 0.00745. The van der Waals surface area contributed by atoms with Gasteiger partial charge in [0.1, 0.15) is 11.6 Å². The molecule has 2 aromatic rings. The highest BCUT2D eigenvalue weighted by Crippen LogP contribution is 2.23. The van der Waals surface area contributed by atoms with E-state index < -0.39 is 28.2 Å². The second-order valence-corrected chi connectivity index (χ2v) is 8.07. The van der Waals surface area contributed by atoms with E-state index in [2.05, 4.69) is 11.8 Å². The number of carboxylic acids is 1. The quantitative estimate of drug-likeness (QED) is 0.541. The maximum Gasteiger partial charge on any atom is 0.341 e. The van der Waals surface area contributed by atoms with Gasteiger partial charge in [-0.1, -0.05) is 23.4 Å². The summed E-state index contributed by atoms with van der Waals surface area (Å²) in [4.78, 5) is 10.6.